The summed E-state index contributed by atoms with van der Waals surface area (Å²) < 4.78 is 7.26. The predicted octanol–water partition coefficient (Wildman–Crippen LogP) is 3.57. The number of urea groups is 1. The first-order valence-corrected chi connectivity index (χ1v) is 12.3. The zero-order valence-electron chi connectivity index (χ0n) is 20.6. The minimum Gasteiger partial charge on any atom is -0.456 e. The molecule has 2 aromatic rings. The van der Waals surface area contributed by atoms with Crippen molar-refractivity contribution in [2.75, 3.05) is 13.2 Å². The van der Waals surface area contributed by atoms with Gasteiger partial charge in [0.15, 0.2) is 6.61 Å². The second kappa shape index (κ2) is 10.1. The molecule has 2 heterocycles. The maximum absolute atomic E-state index is 13.0. The Morgan fingerprint density at radius 3 is 2.60 bits per heavy atom. The number of ether oxygens (including phenoxy) is 1. The summed E-state index contributed by atoms with van der Waals surface area (Å²) in [7, 11) is 0. The molecule has 0 radical (unpaired) electrons. The number of Topliss-reactive ketones (excluding diaryl/α,β-unsaturated/α-hetero) is 1. The summed E-state index contributed by atoms with van der Waals surface area (Å²) in [6, 6.07) is 11.4. The van der Waals surface area contributed by atoms with E-state index in [9.17, 15) is 19.2 Å². The molecular formula is C27H33N3O5. The second-order valence-corrected chi connectivity index (χ2v) is 9.70. The number of amides is 3. The van der Waals surface area contributed by atoms with E-state index in [-0.39, 0.29) is 17.6 Å². The third-order valence-electron chi connectivity index (χ3n) is 7.49. The highest BCUT2D eigenvalue weighted by Gasteiger charge is 2.55. The minimum absolute atomic E-state index is 0.00689. The highest BCUT2D eigenvalue weighted by molar-refractivity contribution is 6.09. The monoisotopic (exact) mass is 479 g/mol. The lowest BCUT2D eigenvalue weighted by Crippen LogP contribution is -2.54. The zero-order valence-corrected chi connectivity index (χ0v) is 20.6. The smallest absolute Gasteiger partial charge is 0.326 e. The lowest BCUT2D eigenvalue weighted by molar-refractivity contribution is -0.147. The molecule has 1 aromatic carbocycles. The van der Waals surface area contributed by atoms with Gasteiger partial charge in [0.25, 0.3) is 5.91 Å². The molecule has 8 nitrogen and oxygen atoms in total. The van der Waals surface area contributed by atoms with Crippen molar-refractivity contribution in [1.82, 2.24) is 14.8 Å². The second-order valence-electron chi connectivity index (χ2n) is 9.70. The number of imide groups is 1. The van der Waals surface area contributed by atoms with Crippen molar-refractivity contribution >= 4 is 23.7 Å². The number of benzene rings is 1. The first-order valence-electron chi connectivity index (χ1n) is 12.3. The molecule has 1 spiro atoms. The Morgan fingerprint density at radius 1 is 1.14 bits per heavy atom. The van der Waals surface area contributed by atoms with Crippen LogP contribution in [0.15, 0.2) is 36.4 Å². The van der Waals surface area contributed by atoms with E-state index >= 15 is 0 Å². The maximum Gasteiger partial charge on any atom is 0.326 e. The molecule has 2 atom stereocenters. The zero-order chi connectivity index (χ0) is 25.2. The number of hydrogen-bond acceptors (Lipinski definition) is 5. The Bertz CT molecular complexity index is 1140. The van der Waals surface area contributed by atoms with E-state index in [4.69, 9.17) is 4.74 Å². The van der Waals surface area contributed by atoms with Crippen molar-refractivity contribution in [3.63, 3.8) is 0 Å². The number of esters is 1. The quantitative estimate of drug-likeness (QED) is 0.355. The van der Waals surface area contributed by atoms with Gasteiger partial charge in [-0.05, 0) is 50.7 Å². The molecule has 35 heavy (non-hydrogen) atoms. The Hall–Kier alpha value is -3.42. The van der Waals surface area contributed by atoms with Crippen LogP contribution in [0.4, 0.5) is 4.79 Å². The number of hydrogen-bond donors (Lipinski definition) is 1. The van der Waals surface area contributed by atoms with E-state index in [2.05, 4.69) is 22.0 Å². The van der Waals surface area contributed by atoms with Gasteiger partial charge in [0.05, 0.1) is 0 Å². The van der Waals surface area contributed by atoms with E-state index in [0.717, 1.165) is 48.5 Å². The molecule has 1 saturated carbocycles. The molecule has 1 aromatic heterocycles. The summed E-state index contributed by atoms with van der Waals surface area (Å²) in [5.41, 5.74) is 2.57. The first-order chi connectivity index (χ1) is 16.7. The summed E-state index contributed by atoms with van der Waals surface area (Å²) in [6.45, 7) is 5.58. The Labute approximate surface area is 205 Å². The third-order valence-corrected chi connectivity index (χ3v) is 7.49. The van der Waals surface area contributed by atoms with Crippen molar-refractivity contribution < 1.29 is 23.9 Å². The standard InChI is InChI=1S/C27H33N3O5/c1-18-9-7-8-13-27(18)25(33)30(26(34)28-27)16-24(32)35-17-23(31)22-15-19(2)29(20(22)3)14-12-21-10-5-4-6-11-21/h4-6,10-11,15,18H,7-9,12-14,16-17H2,1-3H3,(H,28,34). The summed E-state index contributed by atoms with van der Waals surface area (Å²) in [6.07, 6.45) is 4.13. The molecule has 4 rings (SSSR count). The molecule has 186 valence electrons. The molecule has 2 unspecified atom stereocenters. The lowest BCUT2D eigenvalue weighted by Gasteiger charge is -2.36. The van der Waals surface area contributed by atoms with Crippen LogP contribution in [-0.4, -0.2) is 51.8 Å². The fraction of sp³-hybridized carbons (Fsp3) is 0.481. The van der Waals surface area contributed by atoms with Crippen molar-refractivity contribution in [1.29, 1.82) is 0 Å². The Balaban J connectivity index is 1.33. The van der Waals surface area contributed by atoms with Gasteiger partial charge >= 0.3 is 12.0 Å². The van der Waals surface area contributed by atoms with Gasteiger partial charge in [0, 0.05) is 23.5 Å². The van der Waals surface area contributed by atoms with E-state index in [0.29, 0.717) is 12.0 Å². The number of ketones is 1. The van der Waals surface area contributed by atoms with Crippen LogP contribution in [0, 0.1) is 19.8 Å². The molecule has 0 bridgehead atoms. The van der Waals surface area contributed by atoms with Crippen molar-refractivity contribution in [2.45, 2.75) is 65.0 Å². The van der Waals surface area contributed by atoms with Crippen LogP contribution < -0.4 is 5.32 Å². The van der Waals surface area contributed by atoms with Crippen LogP contribution in [-0.2, 0) is 27.3 Å². The van der Waals surface area contributed by atoms with E-state index in [1.165, 1.54) is 5.56 Å². The maximum atomic E-state index is 13.0. The van der Waals surface area contributed by atoms with Crippen molar-refractivity contribution in [2.24, 2.45) is 5.92 Å². The Morgan fingerprint density at radius 2 is 1.89 bits per heavy atom. The fourth-order valence-electron chi connectivity index (χ4n) is 5.35. The van der Waals surface area contributed by atoms with E-state index in [1.807, 2.05) is 45.0 Å². The molecular weight excluding hydrogens is 446 g/mol. The molecule has 8 heteroatoms. The highest BCUT2D eigenvalue weighted by atomic mass is 16.5. The van der Waals surface area contributed by atoms with Crippen LogP contribution in [0.2, 0.25) is 0 Å². The number of aryl methyl sites for hydroxylation is 2. The highest BCUT2D eigenvalue weighted by Crippen LogP contribution is 2.38. The van der Waals surface area contributed by atoms with E-state index < -0.39 is 30.7 Å². The van der Waals surface area contributed by atoms with Gasteiger partial charge in [-0.15, -0.1) is 0 Å². The fourth-order valence-corrected chi connectivity index (χ4v) is 5.35. The van der Waals surface area contributed by atoms with Crippen molar-refractivity contribution in [3.05, 3.63) is 58.9 Å². The summed E-state index contributed by atoms with van der Waals surface area (Å²) in [5.74, 6) is -1.46. The number of rotatable bonds is 8. The van der Waals surface area contributed by atoms with Gasteiger partial charge in [-0.25, -0.2) is 4.79 Å². The van der Waals surface area contributed by atoms with E-state index in [1.54, 1.807) is 0 Å². The number of nitrogens with zero attached hydrogens (tertiary/aromatic N) is 2. The van der Waals surface area contributed by atoms with Gasteiger partial charge in [-0.2, -0.15) is 0 Å². The van der Waals surface area contributed by atoms with Crippen LogP contribution in [0.5, 0.6) is 0 Å². The molecule has 3 amide bonds. The van der Waals surface area contributed by atoms with Gasteiger partial charge in [-0.3, -0.25) is 19.3 Å². The summed E-state index contributed by atoms with van der Waals surface area (Å²) in [5, 5.41) is 2.82. The topological polar surface area (TPSA) is 97.7 Å². The molecule has 1 aliphatic heterocycles. The molecule has 1 aliphatic carbocycles. The van der Waals surface area contributed by atoms with Crippen LogP contribution in [0.3, 0.4) is 0 Å². The SMILES string of the molecule is Cc1cc(C(=O)COC(=O)CN2C(=O)NC3(CCCCC3C)C2=O)c(C)n1CCc1ccccc1. The normalized spacial score (nSPS) is 21.9. The largest absolute Gasteiger partial charge is 0.456 e. The van der Waals surface area contributed by atoms with Gasteiger partial charge in [0.1, 0.15) is 12.1 Å². The third kappa shape index (κ3) is 4.88. The molecule has 2 aliphatic rings. The lowest BCUT2D eigenvalue weighted by atomic mass is 9.73. The van der Waals surface area contributed by atoms with Crippen LogP contribution in [0.1, 0.15) is 59.9 Å². The summed E-state index contributed by atoms with van der Waals surface area (Å²) >= 11 is 0. The van der Waals surface area contributed by atoms with Crippen molar-refractivity contribution in [3.8, 4) is 0 Å². The minimum atomic E-state index is -0.928. The molecule has 1 N–H and O–H groups in total. The average molecular weight is 480 g/mol. The summed E-state index contributed by atoms with van der Waals surface area (Å²) in [4.78, 5) is 51.6. The Kier molecular flexibility index (Phi) is 7.10. The average Bonchev–Trinajstić information content (AvgIpc) is 3.26. The first kappa shape index (κ1) is 24.7. The van der Waals surface area contributed by atoms with Gasteiger partial charge < -0.3 is 14.6 Å². The number of carbonyl (C=O) groups is 4. The number of aromatic nitrogens is 1. The van der Waals surface area contributed by atoms with Gasteiger partial charge in [-0.1, -0.05) is 50.1 Å². The number of nitrogens with one attached hydrogen (secondary N) is 1. The molecule has 1 saturated heterocycles. The predicted molar refractivity (Wildman–Crippen MR) is 130 cm³/mol. The number of carbonyl (C=O) groups excluding carboxylic acids is 4. The van der Waals surface area contributed by atoms with Crippen LogP contribution >= 0.6 is 0 Å². The van der Waals surface area contributed by atoms with Crippen LogP contribution in [0.25, 0.3) is 0 Å². The molecule has 2 fully saturated rings. The van der Waals surface area contributed by atoms with Gasteiger partial charge in [0.2, 0.25) is 5.78 Å².